The highest BCUT2D eigenvalue weighted by atomic mass is 19.1. The standard InChI is InChI=1S/C27H29F2NO5/c1-2-25(31)34-14-10-8-6-4-3-5-7-9-13-33-24-12-11-19-17-23(27(32)35-26(19)30-24)20-15-21(28)18-22(29)16-20/h2,11-12,15-18H,1,3-10,13-14H2. The van der Waals surface area contributed by atoms with Crippen molar-refractivity contribution in [3.8, 4) is 17.0 Å². The van der Waals surface area contributed by atoms with Crippen molar-refractivity contribution < 1.29 is 27.5 Å². The molecule has 186 valence electrons. The molecular weight excluding hydrogens is 456 g/mol. The first kappa shape index (κ1) is 26.1. The smallest absolute Gasteiger partial charge is 0.345 e. The maximum atomic E-state index is 13.5. The number of unbranched alkanes of at least 4 members (excludes halogenated alkanes) is 7. The van der Waals surface area contributed by atoms with Crippen molar-refractivity contribution in [1.29, 1.82) is 0 Å². The summed E-state index contributed by atoms with van der Waals surface area (Å²) in [6.07, 6.45) is 9.51. The zero-order valence-electron chi connectivity index (χ0n) is 19.6. The Labute approximate surface area is 202 Å². The van der Waals surface area contributed by atoms with Crippen LogP contribution < -0.4 is 10.4 Å². The summed E-state index contributed by atoms with van der Waals surface area (Å²) >= 11 is 0. The van der Waals surface area contributed by atoms with E-state index in [1.165, 1.54) is 12.1 Å². The van der Waals surface area contributed by atoms with Gasteiger partial charge in [-0.3, -0.25) is 0 Å². The maximum Gasteiger partial charge on any atom is 0.345 e. The molecule has 35 heavy (non-hydrogen) atoms. The van der Waals surface area contributed by atoms with Gasteiger partial charge >= 0.3 is 11.6 Å². The average molecular weight is 486 g/mol. The van der Waals surface area contributed by atoms with Crippen LogP contribution in [0.5, 0.6) is 5.88 Å². The van der Waals surface area contributed by atoms with Gasteiger partial charge in [-0.1, -0.05) is 45.1 Å². The van der Waals surface area contributed by atoms with Gasteiger partial charge in [0, 0.05) is 23.6 Å². The number of hydrogen-bond acceptors (Lipinski definition) is 6. The number of rotatable bonds is 14. The van der Waals surface area contributed by atoms with E-state index in [0.717, 1.165) is 69.6 Å². The molecule has 1 aromatic carbocycles. The van der Waals surface area contributed by atoms with Crippen LogP contribution in [0, 0.1) is 11.6 Å². The second kappa shape index (κ2) is 13.4. The lowest BCUT2D eigenvalue weighted by Crippen LogP contribution is -2.05. The molecular formula is C27H29F2NO5. The van der Waals surface area contributed by atoms with E-state index in [9.17, 15) is 18.4 Å². The van der Waals surface area contributed by atoms with Gasteiger partial charge in [0.2, 0.25) is 11.6 Å². The van der Waals surface area contributed by atoms with E-state index in [1.807, 2.05) is 0 Å². The van der Waals surface area contributed by atoms with Gasteiger partial charge in [-0.2, -0.15) is 4.98 Å². The SMILES string of the molecule is C=CC(=O)OCCCCCCCCCCOc1ccc2cc(-c3cc(F)cc(F)c3)c(=O)oc2n1. The van der Waals surface area contributed by atoms with Crippen molar-refractivity contribution in [1.82, 2.24) is 4.98 Å². The van der Waals surface area contributed by atoms with Crippen molar-refractivity contribution in [3.05, 3.63) is 71.1 Å². The summed E-state index contributed by atoms with van der Waals surface area (Å²) in [5.74, 6) is -1.57. The molecule has 2 heterocycles. The third kappa shape index (κ3) is 8.31. The van der Waals surface area contributed by atoms with Crippen molar-refractivity contribution in [2.75, 3.05) is 13.2 Å². The Morgan fingerprint density at radius 3 is 2.20 bits per heavy atom. The Balaban J connectivity index is 1.38. The molecule has 3 aromatic rings. The molecule has 0 spiro atoms. The molecule has 0 aliphatic carbocycles. The van der Waals surface area contributed by atoms with Crippen molar-refractivity contribution >= 4 is 17.1 Å². The predicted octanol–water partition coefficient (Wildman–Crippen LogP) is 6.36. The summed E-state index contributed by atoms with van der Waals surface area (Å²) in [5, 5.41) is 0.524. The fraction of sp³-hybridized carbons (Fsp3) is 0.370. The lowest BCUT2D eigenvalue weighted by Gasteiger charge is -2.07. The third-order valence-corrected chi connectivity index (χ3v) is 5.45. The van der Waals surface area contributed by atoms with Crippen molar-refractivity contribution in [2.45, 2.75) is 51.4 Å². The van der Waals surface area contributed by atoms with Gasteiger partial charge in [-0.15, -0.1) is 0 Å². The number of halogens is 2. The average Bonchev–Trinajstić information content (AvgIpc) is 2.83. The van der Waals surface area contributed by atoms with E-state index >= 15 is 0 Å². The topological polar surface area (TPSA) is 78.6 Å². The van der Waals surface area contributed by atoms with E-state index in [1.54, 1.807) is 12.1 Å². The van der Waals surface area contributed by atoms with Crippen LogP contribution in [0.15, 0.2) is 58.3 Å². The van der Waals surface area contributed by atoms with E-state index < -0.39 is 17.3 Å². The highest BCUT2D eigenvalue weighted by Crippen LogP contribution is 2.23. The first-order valence-corrected chi connectivity index (χ1v) is 11.8. The summed E-state index contributed by atoms with van der Waals surface area (Å²) in [4.78, 5) is 27.5. The van der Waals surface area contributed by atoms with E-state index in [0.29, 0.717) is 24.5 Å². The fourth-order valence-corrected chi connectivity index (χ4v) is 3.65. The summed E-state index contributed by atoms with van der Waals surface area (Å²) in [6, 6.07) is 7.76. The quantitative estimate of drug-likeness (QED) is 0.150. The normalized spacial score (nSPS) is 10.9. The highest BCUT2D eigenvalue weighted by Gasteiger charge is 2.12. The van der Waals surface area contributed by atoms with Crippen LogP contribution in [0.1, 0.15) is 51.4 Å². The number of nitrogens with zero attached hydrogens (tertiary/aromatic N) is 1. The van der Waals surface area contributed by atoms with E-state index in [-0.39, 0.29) is 22.8 Å². The van der Waals surface area contributed by atoms with Crippen LogP contribution in [0.4, 0.5) is 8.78 Å². The number of carbonyl (C=O) groups is 1. The van der Waals surface area contributed by atoms with Crippen LogP contribution in [0.2, 0.25) is 0 Å². The Hall–Kier alpha value is -3.55. The Bertz CT molecular complexity index is 1190. The third-order valence-electron chi connectivity index (χ3n) is 5.45. The molecule has 6 nitrogen and oxygen atoms in total. The molecule has 0 N–H and O–H groups in total. The molecule has 2 aromatic heterocycles. The second-order valence-corrected chi connectivity index (χ2v) is 8.20. The summed E-state index contributed by atoms with van der Waals surface area (Å²) < 4.78 is 42.9. The molecule has 8 heteroatoms. The number of hydrogen-bond donors (Lipinski definition) is 0. The molecule has 0 amide bonds. The van der Waals surface area contributed by atoms with E-state index in [4.69, 9.17) is 13.9 Å². The number of benzene rings is 1. The first-order chi connectivity index (χ1) is 17.0. The first-order valence-electron chi connectivity index (χ1n) is 11.8. The zero-order chi connectivity index (χ0) is 25.0. The number of pyridine rings is 1. The zero-order valence-corrected chi connectivity index (χ0v) is 19.6. The van der Waals surface area contributed by atoms with Gasteiger partial charge in [0.05, 0.1) is 18.8 Å². The van der Waals surface area contributed by atoms with E-state index in [2.05, 4.69) is 11.6 Å². The molecule has 0 fully saturated rings. The van der Waals surface area contributed by atoms with Crippen LogP contribution in [0.3, 0.4) is 0 Å². The molecule has 0 saturated heterocycles. The Morgan fingerprint density at radius 2 is 1.54 bits per heavy atom. The number of ether oxygens (including phenoxy) is 2. The lowest BCUT2D eigenvalue weighted by molar-refractivity contribution is -0.137. The van der Waals surface area contributed by atoms with Crippen molar-refractivity contribution in [3.63, 3.8) is 0 Å². The molecule has 0 radical (unpaired) electrons. The molecule has 0 aliphatic rings. The minimum atomic E-state index is -0.773. The molecule has 3 rings (SSSR count). The molecule has 0 unspecified atom stereocenters. The number of esters is 1. The van der Waals surface area contributed by atoms with Gasteiger partial charge in [0.15, 0.2) is 0 Å². The van der Waals surface area contributed by atoms with Gasteiger partial charge in [-0.25, -0.2) is 18.4 Å². The number of aromatic nitrogens is 1. The largest absolute Gasteiger partial charge is 0.478 e. The Morgan fingerprint density at radius 1 is 0.914 bits per heavy atom. The van der Waals surface area contributed by atoms with Gasteiger partial charge in [0.1, 0.15) is 11.6 Å². The Kier molecular flexibility index (Phi) is 9.95. The molecule has 0 atom stereocenters. The van der Waals surface area contributed by atoms with Gasteiger partial charge in [0.25, 0.3) is 0 Å². The van der Waals surface area contributed by atoms with Crippen LogP contribution >= 0.6 is 0 Å². The van der Waals surface area contributed by atoms with Gasteiger partial charge in [-0.05, 0) is 42.7 Å². The summed E-state index contributed by atoms with van der Waals surface area (Å²) in [6.45, 7) is 4.30. The summed E-state index contributed by atoms with van der Waals surface area (Å²) in [5.41, 5.74) is -0.465. The number of fused-ring (bicyclic) bond motifs is 1. The highest BCUT2D eigenvalue weighted by molar-refractivity contribution is 5.81. The van der Waals surface area contributed by atoms with Crippen LogP contribution in [-0.2, 0) is 9.53 Å². The minimum absolute atomic E-state index is 0.0579. The fourth-order valence-electron chi connectivity index (χ4n) is 3.65. The monoisotopic (exact) mass is 485 g/mol. The lowest BCUT2D eigenvalue weighted by atomic mass is 10.1. The molecule has 0 aliphatic heterocycles. The van der Waals surface area contributed by atoms with Crippen LogP contribution in [-0.4, -0.2) is 24.2 Å². The van der Waals surface area contributed by atoms with Gasteiger partial charge < -0.3 is 13.9 Å². The van der Waals surface area contributed by atoms with Crippen molar-refractivity contribution in [2.24, 2.45) is 0 Å². The summed E-state index contributed by atoms with van der Waals surface area (Å²) in [7, 11) is 0. The molecule has 0 saturated carbocycles. The maximum absolute atomic E-state index is 13.5. The minimum Gasteiger partial charge on any atom is -0.478 e. The second-order valence-electron chi connectivity index (χ2n) is 8.20. The molecule has 0 bridgehead atoms. The number of carbonyl (C=O) groups excluding carboxylic acids is 1. The predicted molar refractivity (Wildman–Crippen MR) is 129 cm³/mol. The van der Waals surface area contributed by atoms with Crippen LogP contribution in [0.25, 0.3) is 22.2 Å².